The Morgan fingerprint density at radius 3 is 2.19 bits per heavy atom. The van der Waals surface area contributed by atoms with Crippen molar-refractivity contribution < 1.29 is 28.6 Å². The number of esters is 1. The van der Waals surface area contributed by atoms with E-state index in [2.05, 4.69) is 15.5 Å². The van der Waals surface area contributed by atoms with Gasteiger partial charge in [-0.05, 0) is 68.3 Å². The average molecular weight is 498 g/mol. The second-order valence-electron chi connectivity index (χ2n) is 8.87. The summed E-state index contributed by atoms with van der Waals surface area (Å²) in [7, 11) is 0. The molecule has 1 heterocycles. The number of nitrogens with one attached hydrogen (secondary N) is 2. The van der Waals surface area contributed by atoms with Crippen molar-refractivity contribution in [1.82, 2.24) is 5.32 Å². The molecule has 2 unspecified atom stereocenters. The molecule has 1 aliphatic heterocycles. The summed E-state index contributed by atoms with van der Waals surface area (Å²) in [5, 5.41) is 5.48. The van der Waals surface area contributed by atoms with Gasteiger partial charge in [-0.1, -0.05) is 13.8 Å². The highest BCUT2D eigenvalue weighted by Crippen LogP contribution is 2.19. The fraction of sp³-hybridized carbons (Fsp3) is 0.444. The summed E-state index contributed by atoms with van der Waals surface area (Å²) in [5.41, 5.74) is 2.05. The average Bonchev–Trinajstić information content (AvgIpc) is 2.88. The molecule has 36 heavy (non-hydrogen) atoms. The van der Waals surface area contributed by atoms with Crippen molar-refractivity contribution in [1.29, 1.82) is 0 Å². The van der Waals surface area contributed by atoms with Gasteiger partial charge in [0.2, 0.25) is 0 Å². The molecule has 0 radical (unpaired) electrons. The minimum absolute atomic E-state index is 0.243. The molecular weight excluding hydrogens is 462 g/mol. The number of carbonyl (C=O) groups excluding carboxylic acids is 3. The molecule has 2 aromatic carbocycles. The maximum atomic E-state index is 12.8. The lowest BCUT2D eigenvalue weighted by Crippen LogP contribution is -2.47. The summed E-state index contributed by atoms with van der Waals surface area (Å²) < 4.78 is 16.2. The maximum Gasteiger partial charge on any atom is 0.329 e. The quantitative estimate of drug-likeness (QED) is 0.486. The van der Waals surface area contributed by atoms with Crippen molar-refractivity contribution in [3.8, 4) is 5.75 Å². The van der Waals surface area contributed by atoms with Gasteiger partial charge in [0, 0.05) is 30.0 Å². The molecule has 2 atom stereocenters. The molecule has 0 saturated carbocycles. The van der Waals surface area contributed by atoms with E-state index in [4.69, 9.17) is 14.2 Å². The molecule has 194 valence electrons. The van der Waals surface area contributed by atoms with Crippen molar-refractivity contribution in [2.75, 3.05) is 43.1 Å². The van der Waals surface area contributed by atoms with E-state index in [1.165, 1.54) is 6.92 Å². The van der Waals surface area contributed by atoms with Crippen LogP contribution in [0.15, 0.2) is 48.5 Å². The molecule has 0 bridgehead atoms. The second kappa shape index (κ2) is 12.9. The molecule has 0 spiro atoms. The first-order valence-corrected chi connectivity index (χ1v) is 12.3. The van der Waals surface area contributed by atoms with Gasteiger partial charge in [-0.3, -0.25) is 9.59 Å². The lowest BCUT2D eigenvalue weighted by atomic mass is 10.0. The van der Waals surface area contributed by atoms with Gasteiger partial charge in [0.15, 0.2) is 6.10 Å². The van der Waals surface area contributed by atoms with Crippen LogP contribution in [0.25, 0.3) is 0 Å². The number of anilines is 2. The summed E-state index contributed by atoms with van der Waals surface area (Å²) in [4.78, 5) is 40.4. The summed E-state index contributed by atoms with van der Waals surface area (Å²) in [6, 6.07) is 13.2. The first-order valence-electron chi connectivity index (χ1n) is 12.3. The summed E-state index contributed by atoms with van der Waals surface area (Å²) in [5.74, 6) is -1.12. The van der Waals surface area contributed by atoms with Crippen molar-refractivity contribution in [2.24, 2.45) is 5.92 Å². The Bertz CT molecular complexity index is 1020. The molecule has 1 aliphatic rings. The highest BCUT2D eigenvalue weighted by atomic mass is 16.5. The fourth-order valence-electron chi connectivity index (χ4n) is 3.71. The van der Waals surface area contributed by atoms with Crippen LogP contribution in [0.3, 0.4) is 0 Å². The van der Waals surface area contributed by atoms with Crippen LogP contribution < -0.4 is 20.3 Å². The van der Waals surface area contributed by atoms with Gasteiger partial charge < -0.3 is 29.7 Å². The summed E-state index contributed by atoms with van der Waals surface area (Å²) in [6.45, 7) is 10.5. The second-order valence-corrected chi connectivity index (χ2v) is 8.87. The fourth-order valence-corrected chi connectivity index (χ4v) is 3.71. The lowest BCUT2D eigenvalue weighted by molar-refractivity contribution is -0.156. The smallest absolute Gasteiger partial charge is 0.329 e. The number of ether oxygens (including phenoxy) is 3. The van der Waals surface area contributed by atoms with E-state index in [0.29, 0.717) is 36.8 Å². The van der Waals surface area contributed by atoms with E-state index < -0.39 is 29.9 Å². The van der Waals surface area contributed by atoms with Crippen LogP contribution in [0.4, 0.5) is 11.4 Å². The standard InChI is InChI=1S/C27H35N3O6/c1-5-35-23-12-6-20(7-13-23)26(32)29-24(18(2)3)27(33)36-19(4)25(31)28-21-8-10-22(11-9-21)30-14-16-34-17-15-30/h6-13,18-19,24H,5,14-17H2,1-4H3,(H,28,31)(H,29,32). The van der Waals surface area contributed by atoms with Gasteiger partial charge in [0.05, 0.1) is 19.8 Å². The third-order valence-electron chi connectivity index (χ3n) is 5.81. The van der Waals surface area contributed by atoms with Gasteiger partial charge in [0.1, 0.15) is 11.8 Å². The number of carbonyl (C=O) groups is 3. The van der Waals surface area contributed by atoms with Gasteiger partial charge in [-0.15, -0.1) is 0 Å². The van der Waals surface area contributed by atoms with E-state index in [0.717, 1.165) is 18.8 Å². The predicted molar refractivity (Wildman–Crippen MR) is 137 cm³/mol. The third-order valence-corrected chi connectivity index (χ3v) is 5.81. The number of benzene rings is 2. The SMILES string of the molecule is CCOc1ccc(C(=O)NC(C(=O)OC(C)C(=O)Nc2ccc(N3CCOCC3)cc2)C(C)C)cc1. The number of hydrogen-bond acceptors (Lipinski definition) is 7. The number of rotatable bonds is 10. The van der Waals surface area contributed by atoms with E-state index in [1.54, 1.807) is 38.1 Å². The Balaban J connectivity index is 1.54. The van der Waals surface area contributed by atoms with Crippen LogP contribution in [-0.4, -0.2) is 62.8 Å². The normalized spacial score (nSPS) is 15.1. The van der Waals surface area contributed by atoms with Crippen LogP contribution in [0, 0.1) is 5.92 Å². The van der Waals surface area contributed by atoms with Gasteiger partial charge in [0.25, 0.3) is 11.8 Å². The molecule has 1 saturated heterocycles. The molecule has 0 aromatic heterocycles. The number of nitrogens with zero attached hydrogens (tertiary/aromatic N) is 1. The van der Waals surface area contributed by atoms with Gasteiger partial charge in [-0.2, -0.15) is 0 Å². The van der Waals surface area contributed by atoms with E-state index in [-0.39, 0.29) is 5.92 Å². The molecule has 9 nitrogen and oxygen atoms in total. The van der Waals surface area contributed by atoms with Gasteiger partial charge in [-0.25, -0.2) is 4.79 Å². The van der Waals surface area contributed by atoms with Crippen molar-refractivity contribution >= 4 is 29.2 Å². The first kappa shape index (κ1) is 27.0. The molecule has 2 aromatic rings. The Labute approximate surface area is 212 Å². The van der Waals surface area contributed by atoms with Crippen LogP contribution in [0.2, 0.25) is 0 Å². The molecule has 2 N–H and O–H groups in total. The largest absolute Gasteiger partial charge is 0.494 e. The minimum atomic E-state index is -1.04. The van der Waals surface area contributed by atoms with Crippen molar-refractivity contribution in [2.45, 2.75) is 39.8 Å². The number of amides is 2. The van der Waals surface area contributed by atoms with Crippen LogP contribution in [0.1, 0.15) is 38.1 Å². The zero-order chi connectivity index (χ0) is 26.1. The van der Waals surface area contributed by atoms with E-state index >= 15 is 0 Å². The van der Waals surface area contributed by atoms with Crippen molar-refractivity contribution in [3.63, 3.8) is 0 Å². The Kier molecular flexibility index (Phi) is 9.69. The topological polar surface area (TPSA) is 106 Å². The lowest BCUT2D eigenvalue weighted by Gasteiger charge is -2.29. The minimum Gasteiger partial charge on any atom is -0.494 e. The Morgan fingerprint density at radius 1 is 0.972 bits per heavy atom. The number of hydrogen-bond donors (Lipinski definition) is 2. The zero-order valence-corrected chi connectivity index (χ0v) is 21.3. The summed E-state index contributed by atoms with van der Waals surface area (Å²) in [6.07, 6.45) is -1.04. The van der Waals surface area contributed by atoms with Gasteiger partial charge >= 0.3 is 5.97 Å². The van der Waals surface area contributed by atoms with E-state index in [9.17, 15) is 14.4 Å². The van der Waals surface area contributed by atoms with Crippen molar-refractivity contribution in [3.05, 3.63) is 54.1 Å². The number of morpholine rings is 1. The molecule has 0 aliphatic carbocycles. The molecular formula is C27H35N3O6. The highest BCUT2D eigenvalue weighted by Gasteiger charge is 2.29. The van der Waals surface area contributed by atoms with E-state index in [1.807, 2.05) is 31.2 Å². The van der Waals surface area contributed by atoms with Crippen LogP contribution in [0.5, 0.6) is 5.75 Å². The third kappa shape index (κ3) is 7.45. The molecule has 2 amide bonds. The van der Waals surface area contributed by atoms with Crippen LogP contribution >= 0.6 is 0 Å². The highest BCUT2D eigenvalue weighted by molar-refractivity contribution is 5.98. The molecule has 1 fully saturated rings. The maximum absolute atomic E-state index is 12.8. The molecule has 9 heteroatoms. The first-order chi connectivity index (χ1) is 17.3. The zero-order valence-electron chi connectivity index (χ0n) is 21.3. The summed E-state index contributed by atoms with van der Waals surface area (Å²) >= 11 is 0. The Hall–Kier alpha value is -3.59. The van der Waals surface area contributed by atoms with Crippen LogP contribution in [-0.2, 0) is 19.1 Å². The predicted octanol–water partition coefficient (Wildman–Crippen LogP) is 3.25. The molecule has 3 rings (SSSR count). The monoisotopic (exact) mass is 497 g/mol. The Morgan fingerprint density at radius 2 is 1.61 bits per heavy atom.